The van der Waals surface area contributed by atoms with E-state index in [2.05, 4.69) is 35.9 Å². The number of unbranched alkanes of at least 4 members (excludes halogenated alkanes) is 3. The first-order chi connectivity index (χ1) is 7.84. The summed E-state index contributed by atoms with van der Waals surface area (Å²) in [5.74, 6) is 2.70. The second-order valence-corrected chi connectivity index (χ2v) is 5.96. The van der Waals surface area contributed by atoms with E-state index < -0.39 is 0 Å². The van der Waals surface area contributed by atoms with E-state index in [0.29, 0.717) is 0 Å². The fraction of sp³-hybridized carbons (Fsp3) is 1.00. The summed E-state index contributed by atoms with van der Waals surface area (Å²) in [6, 6.07) is 0.840. The van der Waals surface area contributed by atoms with Gasteiger partial charge >= 0.3 is 0 Å². The van der Waals surface area contributed by atoms with Crippen LogP contribution in [0.1, 0.15) is 39.0 Å². The van der Waals surface area contributed by atoms with Gasteiger partial charge in [-0.05, 0) is 32.2 Å². The topological polar surface area (TPSA) is 15.3 Å². The summed E-state index contributed by atoms with van der Waals surface area (Å²) in [6.07, 6.45) is 6.84. The van der Waals surface area contributed by atoms with E-state index in [0.717, 1.165) is 12.6 Å². The van der Waals surface area contributed by atoms with Gasteiger partial charge in [0, 0.05) is 24.9 Å². The van der Waals surface area contributed by atoms with Gasteiger partial charge in [0.05, 0.1) is 0 Å². The van der Waals surface area contributed by atoms with Crippen molar-refractivity contribution < 1.29 is 0 Å². The molecule has 1 atom stereocenters. The molecule has 0 spiro atoms. The van der Waals surface area contributed by atoms with Crippen LogP contribution in [0.2, 0.25) is 0 Å². The van der Waals surface area contributed by atoms with Gasteiger partial charge in [-0.15, -0.1) is 0 Å². The fourth-order valence-corrected chi connectivity index (χ4v) is 3.41. The van der Waals surface area contributed by atoms with Crippen LogP contribution in [0.3, 0.4) is 0 Å². The molecule has 1 rings (SSSR count). The SMILES string of the molecule is CCCCCCNCCN(C)C1CCSC1. The van der Waals surface area contributed by atoms with Gasteiger partial charge in [0.15, 0.2) is 0 Å². The summed E-state index contributed by atoms with van der Waals surface area (Å²) in [5, 5.41) is 3.55. The highest BCUT2D eigenvalue weighted by Crippen LogP contribution is 2.20. The molecule has 3 heteroatoms. The van der Waals surface area contributed by atoms with Crippen LogP contribution in [0, 0.1) is 0 Å². The summed E-state index contributed by atoms with van der Waals surface area (Å²) < 4.78 is 0. The Bertz CT molecular complexity index is 158. The van der Waals surface area contributed by atoms with E-state index >= 15 is 0 Å². The Balaban J connectivity index is 1.86. The molecule has 1 saturated heterocycles. The van der Waals surface area contributed by atoms with Gasteiger partial charge < -0.3 is 10.2 Å². The van der Waals surface area contributed by atoms with Crippen molar-refractivity contribution in [2.24, 2.45) is 0 Å². The normalized spacial score (nSPS) is 20.8. The van der Waals surface area contributed by atoms with Crippen molar-refractivity contribution in [1.29, 1.82) is 0 Å². The molecule has 1 heterocycles. The van der Waals surface area contributed by atoms with Gasteiger partial charge in [0.25, 0.3) is 0 Å². The Kier molecular flexibility index (Phi) is 8.34. The first-order valence-corrected chi connectivity index (χ1v) is 7.98. The third-order valence-electron chi connectivity index (χ3n) is 3.38. The number of hydrogen-bond acceptors (Lipinski definition) is 3. The second kappa shape index (κ2) is 9.32. The lowest BCUT2D eigenvalue weighted by atomic mass is 10.2. The molecule has 2 nitrogen and oxygen atoms in total. The lowest BCUT2D eigenvalue weighted by Gasteiger charge is -2.23. The standard InChI is InChI=1S/C13H28N2S/c1-3-4-5-6-8-14-9-10-15(2)13-7-11-16-12-13/h13-14H,3-12H2,1-2H3. The Morgan fingerprint density at radius 3 is 2.81 bits per heavy atom. The zero-order valence-electron chi connectivity index (χ0n) is 11.0. The van der Waals surface area contributed by atoms with Crippen molar-refractivity contribution in [1.82, 2.24) is 10.2 Å². The van der Waals surface area contributed by atoms with Crippen LogP contribution in [-0.2, 0) is 0 Å². The molecule has 0 amide bonds. The maximum atomic E-state index is 3.55. The Morgan fingerprint density at radius 2 is 2.12 bits per heavy atom. The molecule has 0 aromatic heterocycles. The van der Waals surface area contributed by atoms with Gasteiger partial charge in [-0.2, -0.15) is 11.8 Å². The molecule has 0 aromatic rings. The van der Waals surface area contributed by atoms with Gasteiger partial charge in [-0.3, -0.25) is 0 Å². The van der Waals surface area contributed by atoms with Crippen LogP contribution in [-0.4, -0.2) is 49.1 Å². The number of rotatable bonds is 9. The first-order valence-electron chi connectivity index (χ1n) is 6.83. The molecule has 1 fully saturated rings. The van der Waals surface area contributed by atoms with Crippen LogP contribution >= 0.6 is 11.8 Å². The molecule has 0 saturated carbocycles. The largest absolute Gasteiger partial charge is 0.315 e. The molecule has 0 bridgehead atoms. The van der Waals surface area contributed by atoms with E-state index in [1.807, 2.05) is 0 Å². The van der Waals surface area contributed by atoms with E-state index in [-0.39, 0.29) is 0 Å². The van der Waals surface area contributed by atoms with Crippen molar-refractivity contribution in [3.63, 3.8) is 0 Å². The number of likely N-dealkylation sites (N-methyl/N-ethyl adjacent to an activating group) is 1. The molecule has 0 aliphatic carbocycles. The van der Waals surface area contributed by atoms with Crippen LogP contribution < -0.4 is 5.32 Å². The number of nitrogens with zero attached hydrogens (tertiary/aromatic N) is 1. The minimum atomic E-state index is 0.840. The molecule has 96 valence electrons. The smallest absolute Gasteiger partial charge is 0.0191 e. The van der Waals surface area contributed by atoms with Crippen LogP contribution in [0.25, 0.3) is 0 Å². The summed E-state index contributed by atoms with van der Waals surface area (Å²) in [5.41, 5.74) is 0. The fourth-order valence-electron chi connectivity index (χ4n) is 2.11. The monoisotopic (exact) mass is 244 g/mol. The summed E-state index contributed by atoms with van der Waals surface area (Å²) in [6.45, 7) is 5.83. The Hall–Kier alpha value is 0.270. The van der Waals surface area contributed by atoms with E-state index in [4.69, 9.17) is 0 Å². The van der Waals surface area contributed by atoms with E-state index in [9.17, 15) is 0 Å². The van der Waals surface area contributed by atoms with Crippen molar-refractivity contribution in [2.45, 2.75) is 45.1 Å². The van der Waals surface area contributed by atoms with E-state index in [1.165, 1.54) is 56.7 Å². The van der Waals surface area contributed by atoms with Crippen molar-refractivity contribution in [2.75, 3.05) is 38.2 Å². The number of thioether (sulfide) groups is 1. The highest BCUT2D eigenvalue weighted by atomic mass is 32.2. The summed E-state index contributed by atoms with van der Waals surface area (Å²) in [7, 11) is 2.27. The second-order valence-electron chi connectivity index (χ2n) is 4.81. The zero-order valence-corrected chi connectivity index (χ0v) is 11.8. The minimum Gasteiger partial charge on any atom is -0.315 e. The maximum Gasteiger partial charge on any atom is 0.0191 e. The molecular weight excluding hydrogens is 216 g/mol. The lowest BCUT2D eigenvalue weighted by Crippen LogP contribution is -2.37. The molecule has 16 heavy (non-hydrogen) atoms. The molecule has 1 N–H and O–H groups in total. The molecule has 1 aliphatic rings. The lowest BCUT2D eigenvalue weighted by molar-refractivity contribution is 0.262. The molecule has 1 unspecified atom stereocenters. The Morgan fingerprint density at radius 1 is 1.25 bits per heavy atom. The van der Waals surface area contributed by atoms with Crippen molar-refractivity contribution in [3.8, 4) is 0 Å². The van der Waals surface area contributed by atoms with Crippen molar-refractivity contribution >= 4 is 11.8 Å². The predicted molar refractivity (Wildman–Crippen MR) is 75.4 cm³/mol. The van der Waals surface area contributed by atoms with E-state index in [1.54, 1.807) is 0 Å². The van der Waals surface area contributed by atoms with Crippen LogP contribution in [0.5, 0.6) is 0 Å². The number of nitrogens with one attached hydrogen (secondary N) is 1. The van der Waals surface area contributed by atoms with Gasteiger partial charge in [0.2, 0.25) is 0 Å². The number of hydrogen-bond donors (Lipinski definition) is 1. The first kappa shape index (κ1) is 14.3. The van der Waals surface area contributed by atoms with Crippen molar-refractivity contribution in [3.05, 3.63) is 0 Å². The molecule has 0 radical (unpaired) electrons. The minimum absolute atomic E-state index is 0.840. The average molecular weight is 244 g/mol. The maximum absolute atomic E-state index is 3.55. The van der Waals surface area contributed by atoms with Gasteiger partial charge in [-0.1, -0.05) is 26.2 Å². The quantitative estimate of drug-likeness (QED) is 0.628. The summed E-state index contributed by atoms with van der Waals surface area (Å²) in [4.78, 5) is 2.53. The van der Waals surface area contributed by atoms with Gasteiger partial charge in [0.1, 0.15) is 0 Å². The average Bonchev–Trinajstić information content (AvgIpc) is 2.81. The Labute approximate surface area is 106 Å². The molecule has 1 aliphatic heterocycles. The molecular formula is C13H28N2S. The third kappa shape index (κ3) is 6.12. The highest BCUT2D eigenvalue weighted by molar-refractivity contribution is 7.99. The van der Waals surface area contributed by atoms with Crippen LogP contribution in [0.15, 0.2) is 0 Å². The molecule has 0 aromatic carbocycles. The van der Waals surface area contributed by atoms with Crippen LogP contribution in [0.4, 0.5) is 0 Å². The summed E-state index contributed by atoms with van der Waals surface area (Å²) >= 11 is 2.10. The highest BCUT2D eigenvalue weighted by Gasteiger charge is 2.18. The zero-order chi connectivity index (χ0) is 11.6. The predicted octanol–water partition coefficient (Wildman–Crippen LogP) is 2.59. The third-order valence-corrected chi connectivity index (χ3v) is 4.52. The van der Waals surface area contributed by atoms with Gasteiger partial charge in [-0.25, -0.2) is 0 Å².